The summed E-state index contributed by atoms with van der Waals surface area (Å²) in [6.45, 7) is 5.88. The number of halogens is 6. The summed E-state index contributed by atoms with van der Waals surface area (Å²) < 4.78 is 107. The molecular formula is C43H46F6N2O6. The predicted octanol–water partition coefficient (Wildman–Crippen LogP) is 10.6. The van der Waals surface area contributed by atoms with Crippen LogP contribution in [0.1, 0.15) is 80.0 Å². The summed E-state index contributed by atoms with van der Waals surface area (Å²) in [5, 5.41) is 2.97. The van der Waals surface area contributed by atoms with Gasteiger partial charge in [0.2, 0.25) is 0 Å². The minimum absolute atomic E-state index is 0.0599. The van der Waals surface area contributed by atoms with Crippen molar-refractivity contribution in [3.8, 4) is 0 Å². The molecule has 0 radical (unpaired) electrons. The van der Waals surface area contributed by atoms with E-state index < -0.39 is 58.4 Å². The molecule has 4 aromatic rings. The zero-order valence-electron chi connectivity index (χ0n) is 32.1. The molecule has 1 aliphatic heterocycles. The molecule has 8 nitrogen and oxygen atoms in total. The number of nitrogens with one attached hydrogen (secondary N) is 1. The van der Waals surface area contributed by atoms with Crippen LogP contribution in [0.2, 0.25) is 0 Å². The van der Waals surface area contributed by atoms with Crippen LogP contribution in [0.3, 0.4) is 0 Å². The summed E-state index contributed by atoms with van der Waals surface area (Å²) in [5.74, 6) is 0. The van der Waals surface area contributed by atoms with E-state index in [0.29, 0.717) is 23.3 Å². The number of ether oxygens (including phenoxy) is 4. The molecular weight excluding hydrogens is 754 g/mol. The summed E-state index contributed by atoms with van der Waals surface area (Å²) >= 11 is 0. The van der Waals surface area contributed by atoms with Crippen molar-refractivity contribution in [1.82, 2.24) is 10.2 Å². The van der Waals surface area contributed by atoms with E-state index in [1.165, 1.54) is 11.8 Å². The lowest BCUT2D eigenvalue weighted by Crippen LogP contribution is -2.68. The molecule has 1 unspecified atom stereocenters. The summed E-state index contributed by atoms with van der Waals surface area (Å²) in [4.78, 5) is 29.3. The number of rotatable bonds is 12. The fraction of sp³-hybridized carbons (Fsp3) is 0.395. The van der Waals surface area contributed by atoms with Crippen LogP contribution >= 0.6 is 0 Å². The van der Waals surface area contributed by atoms with Gasteiger partial charge in [-0.15, -0.1) is 0 Å². The molecule has 1 aliphatic rings. The van der Waals surface area contributed by atoms with Crippen molar-refractivity contribution in [3.05, 3.63) is 143 Å². The Bertz CT molecular complexity index is 1910. The zero-order valence-corrected chi connectivity index (χ0v) is 32.1. The van der Waals surface area contributed by atoms with Crippen LogP contribution in [-0.4, -0.2) is 48.0 Å². The van der Waals surface area contributed by atoms with Crippen LogP contribution in [0.4, 0.5) is 35.9 Å². The lowest BCUT2D eigenvalue weighted by atomic mass is 9.75. The topological polar surface area (TPSA) is 86.3 Å². The maximum atomic E-state index is 14.5. The summed E-state index contributed by atoms with van der Waals surface area (Å²) in [7, 11) is 0. The molecule has 0 bridgehead atoms. The highest BCUT2D eigenvalue weighted by Gasteiger charge is 2.53. The first-order valence-corrected chi connectivity index (χ1v) is 18.4. The Morgan fingerprint density at radius 2 is 1.26 bits per heavy atom. The van der Waals surface area contributed by atoms with Gasteiger partial charge in [-0.1, -0.05) is 91.0 Å². The number of hydrogen-bond donors (Lipinski definition) is 1. The van der Waals surface area contributed by atoms with Crippen molar-refractivity contribution in [3.63, 3.8) is 0 Å². The Morgan fingerprint density at radius 1 is 0.737 bits per heavy atom. The maximum Gasteiger partial charge on any atom is 0.416 e. The van der Waals surface area contributed by atoms with E-state index in [9.17, 15) is 35.9 Å². The smallest absolute Gasteiger partial charge is 0.416 e. The summed E-state index contributed by atoms with van der Waals surface area (Å²) in [6.07, 6.45) is -12.7. The Balaban J connectivity index is 1.55. The summed E-state index contributed by atoms with van der Waals surface area (Å²) in [6, 6.07) is 28.3. The molecule has 1 N–H and O–H groups in total. The maximum absolute atomic E-state index is 14.5. The zero-order chi connectivity index (χ0) is 41.5. The van der Waals surface area contributed by atoms with Crippen molar-refractivity contribution < 1.29 is 54.9 Å². The van der Waals surface area contributed by atoms with E-state index >= 15 is 0 Å². The monoisotopic (exact) mass is 800 g/mol. The van der Waals surface area contributed by atoms with E-state index in [1.54, 1.807) is 75.4 Å². The number of nitrogens with zero attached hydrogens (tertiary/aromatic N) is 1. The van der Waals surface area contributed by atoms with Crippen LogP contribution in [0.5, 0.6) is 0 Å². The number of amides is 2. The van der Waals surface area contributed by atoms with Gasteiger partial charge in [0.25, 0.3) is 0 Å². The number of alkyl carbamates (subject to hydrolysis) is 1. The number of likely N-dealkylation sites (tertiary alicyclic amines) is 1. The first-order valence-electron chi connectivity index (χ1n) is 18.4. The first kappa shape index (κ1) is 43.1. The van der Waals surface area contributed by atoms with Gasteiger partial charge in [-0.05, 0) is 81.0 Å². The minimum Gasteiger partial charge on any atom is -0.445 e. The summed E-state index contributed by atoms with van der Waals surface area (Å²) in [5.41, 5.74) is -4.71. The third-order valence-electron chi connectivity index (χ3n) is 9.64. The minimum atomic E-state index is -5.06. The molecule has 57 heavy (non-hydrogen) atoms. The molecule has 4 aromatic carbocycles. The average Bonchev–Trinajstić information content (AvgIpc) is 3.16. The Hall–Kier alpha value is -5.08. The highest BCUT2D eigenvalue weighted by molar-refractivity contribution is 5.72. The van der Waals surface area contributed by atoms with Crippen molar-refractivity contribution >= 4 is 12.2 Å². The molecule has 0 saturated carbocycles. The second-order valence-electron chi connectivity index (χ2n) is 15.2. The van der Waals surface area contributed by atoms with Gasteiger partial charge >= 0.3 is 24.5 Å². The van der Waals surface area contributed by atoms with Gasteiger partial charge in [-0.2, -0.15) is 26.3 Å². The lowest BCUT2D eigenvalue weighted by molar-refractivity contribution is -0.143. The molecule has 1 heterocycles. The number of carbonyl (C=O) groups is 2. The van der Waals surface area contributed by atoms with Gasteiger partial charge in [-0.3, -0.25) is 4.90 Å². The Labute approximate surface area is 328 Å². The molecule has 306 valence electrons. The first-order chi connectivity index (χ1) is 26.8. The second-order valence-corrected chi connectivity index (χ2v) is 15.2. The molecule has 1 saturated heterocycles. The number of carbonyl (C=O) groups excluding carboxylic acids is 2. The van der Waals surface area contributed by atoms with Crippen molar-refractivity contribution in [1.29, 1.82) is 0 Å². The fourth-order valence-electron chi connectivity index (χ4n) is 6.72. The molecule has 2 amide bonds. The quantitative estimate of drug-likeness (QED) is 0.144. The highest BCUT2D eigenvalue weighted by Crippen LogP contribution is 2.44. The van der Waals surface area contributed by atoms with Crippen molar-refractivity contribution in [2.75, 3.05) is 19.8 Å². The van der Waals surface area contributed by atoms with E-state index in [4.69, 9.17) is 18.9 Å². The normalized spacial score (nSPS) is 19.4. The Morgan fingerprint density at radius 3 is 1.79 bits per heavy atom. The van der Waals surface area contributed by atoms with E-state index in [-0.39, 0.29) is 57.4 Å². The molecule has 0 aromatic heterocycles. The van der Waals surface area contributed by atoms with Gasteiger partial charge in [0.05, 0.1) is 54.7 Å². The SMILES string of the molecule is C[C@@H](OC[C@@]1(c2ccccc2)CCC(COCc2ccccc2)(NC(=O)OC(C)(C)C)CN1C(=O)OCc1ccccc1)c1cc(C(F)(F)F)cc(C(F)(F)F)c1. The second kappa shape index (κ2) is 17.6. The molecule has 0 aliphatic carbocycles. The molecule has 3 atom stereocenters. The molecule has 1 fully saturated rings. The van der Waals surface area contributed by atoms with Crippen LogP contribution in [-0.2, 0) is 50.1 Å². The number of benzene rings is 4. The third-order valence-corrected chi connectivity index (χ3v) is 9.64. The lowest BCUT2D eigenvalue weighted by Gasteiger charge is -2.53. The highest BCUT2D eigenvalue weighted by atomic mass is 19.4. The van der Waals surface area contributed by atoms with E-state index in [2.05, 4.69) is 5.32 Å². The van der Waals surface area contributed by atoms with Gasteiger partial charge in [-0.25, -0.2) is 9.59 Å². The van der Waals surface area contributed by atoms with Crippen LogP contribution < -0.4 is 5.32 Å². The van der Waals surface area contributed by atoms with Crippen LogP contribution in [0.15, 0.2) is 109 Å². The van der Waals surface area contributed by atoms with Crippen LogP contribution in [0.25, 0.3) is 0 Å². The largest absolute Gasteiger partial charge is 0.445 e. The fourth-order valence-corrected chi connectivity index (χ4v) is 6.72. The number of hydrogen-bond acceptors (Lipinski definition) is 6. The van der Waals surface area contributed by atoms with Crippen LogP contribution in [0, 0.1) is 0 Å². The predicted molar refractivity (Wildman–Crippen MR) is 200 cm³/mol. The Kier molecular flexibility index (Phi) is 13.3. The number of alkyl halides is 6. The molecule has 5 rings (SSSR count). The number of piperidine rings is 1. The van der Waals surface area contributed by atoms with Crippen molar-refractivity contribution in [2.24, 2.45) is 0 Å². The van der Waals surface area contributed by atoms with E-state index in [1.807, 2.05) is 36.4 Å². The van der Waals surface area contributed by atoms with Crippen molar-refractivity contribution in [2.45, 2.75) is 88.9 Å². The third kappa shape index (κ3) is 11.5. The molecule has 0 spiro atoms. The van der Waals surface area contributed by atoms with Gasteiger partial charge in [0.15, 0.2) is 0 Å². The van der Waals surface area contributed by atoms with Gasteiger partial charge < -0.3 is 24.3 Å². The van der Waals surface area contributed by atoms with Gasteiger partial charge in [0.1, 0.15) is 12.2 Å². The van der Waals surface area contributed by atoms with Gasteiger partial charge in [0, 0.05) is 0 Å². The van der Waals surface area contributed by atoms with E-state index in [0.717, 1.165) is 5.56 Å². The molecule has 14 heteroatoms. The average molecular weight is 801 g/mol. The standard InChI is InChI=1S/C43H46F6N2O6/c1-30(33-22-35(42(44,45)46)24-36(23-33)43(47,48)49)56-29-41(34-18-12-7-13-19-34)21-20-40(50-37(52)57-39(2,3)4,28-54-25-31-14-8-5-9-15-31)27-51(41)38(53)55-26-32-16-10-6-11-17-32/h5-19,22-24,30H,20-21,25-29H2,1-4H3,(H,50,52)/t30-,40?,41-/m1/s1.